The summed E-state index contributed by atoms with van der Waals surface area (Å²) in [4.78, 5) is 20.9. The van der Waals surface area contributed by atoms with Gasteiger partial charge in [0.15, 0.2) is 0 Å². The smallest absolute Gasteiger partial charge is 0.233 e. The van der Waals surface area contributed by atoms with Crippen molar-refractivity contribution >= 4 is 29.2 Å². The van der Waals surface area contributed by atoms with Gasteiger partial charge in [-0.25, -0.2) is 4.39 Å². The number of aromatic nitrogens is 3. The number of anilines is 5. The van der Waals surface area contributed by atoms with E-state index in [-0.39, 0.29) is 5.82 Å². The average Bonchev–Trinajstić information content (AvgIpc) is 3.41. The van der Waals surface area contributed by atoms with Crippen molar-refractivity contribution in [2.75, 3.05) is 66.4 Å². The van der Waals surface area contributed by atoms with Gasteiger partial charge < -0.3 is 24.8 Å². The van der Waals surface area contributed by atoms with Gasteiger partial charge in [-0.3, -0.25) is 0 Å². The zero-order chi connectivity index (χ0) is 22.6. The van der Waals surface area contributed by atoms with Crippen molar-refractivity contribution in [3.05, 3.63) is 54.3 Å². The summed E-state index contributed by atoms with van der Waals surface area (Å²) in [5.74, 6) is 2.43. The summed E-state index contributed by atoms with van der Waals surface area (Å²) in [6, 6.07) is 14.4. The summed E-state index contributed by atoms with van der Waals surface area (Å²) >= 11 is 0. The first kappa shape index (κ1) is 21.2. The van der Waals surface area contributed by atoms with Gasteiger partial charge in [0.25, 0.3) is 0 Å². The molecule has 5 rings (SSSR count). The Balaban J connectivity index is 1.34. The number of hydrogen-bond donors (Lipinski definition) is 1. The molecule has 0 amide bonds. The number of halogens is 1. The van der Waals surface area contributed by atoms with E-state index in [1.807, 2.05) is 12.1 Å². The fraction of sp³-hybridized carbons (Fsp3) is 0.375. The van der Waals surface area contributed by atoms with E-state index in [2.05, 4.69) is 37.1 Å². The van der Waals surface area contributed by atoms with Crippen molar-refractivity contribution < 1.29 is 9.13 Å². The van der Waals surface area contributed by atoms with Crippen LogP contribution in [0, 0.1) is 5.82 Å². The highest BCUT2D eigenvalue weighted by Gasteiger charge is 2.23. The zero-order valence-electron chi connectivity index (χ0n) is 18.7. The number of rotatable bonds is 6. The van der Waals surface area contributed by atoms with E-state index < -0.39 is 0 Å². The van der Waals surface area contributed by atoms with Crippen molar-refractivity contribution in [1.29, 1.82) is 0 Å². The lowest BCUT2D eigenvalue weighted by atomic mass is 10.2. The third-order valence-electron chi connectivity index (χ3n) is 6.10. The van der Waals surface area contributed by atoms with E-state index in [1.54, 1.807) is 19.2 Å². The third-order valence-corrected chi connectivity index (χ3v) is 6.10. The second-order valence-electron chi connectivity index (χ2n) is 8.26. The molecule has 0 unspecified atom stereocenters. The molecule has 0 atom stereocenters. The molecule has 2 aliphatic rings. The van der Waals surface area contributed by atoms with Gasteiger partial charge in [0.2, 0.25) is 17.8 Å². The molecule has 2 fully saturated rings. The number of benzene rings is 2. The molecule has 3 heterocycles. The van der Waals surface area contributed by atoms with E-state index >= 15 is 0 Å². The number of nitrogens with zero attached hydrogens (tertiary/aromatic N) is 6. The average molecular weight is 450 g/mol. The topological polar surface area (TPSA) is 69.7 Å². The second kappa shape index (κ2) is 9.48. The van der Waals surface area contributed by atoms with Crippen LogP contribution in [0.2, 0.25) is 0 Å². The predicted octanol–water partition coefficient (Wildman–Crippen LogP) is 3.69. The molecule has 2 aliphatic heterocycles. The molecule has 2 aromatic carbocycles. The van der Waals surface area contributed by atoms with Crippen molar-refractivity contribution in [2.24, 2.45) is 0 Å². The number of methoxy groups -OCH3 is 1. The van der Waals surface area contributed by atoms with Crippen LogP contribution in [0.4, 0.5) is 33.6 Å². The summed E-state index contributed by atoms with van der Waals surface area (Å²) in [6.07, 6.45) is 2.28. The van der Waals surface area contributed by atoms with Gasteiger partial charge in [0, 0.05) is 50.6 Å². The van der Waals surface area contributed by atoms with Crippen molar-refractivity contribution in [1.82, 2.24) is 15.0 Å². The third kappa shape index (κ3) is 4.92. The van der Waals surface area contributed by atoms with Gasteiger partial charge >= 0.3 is 0 Å². The molecule has 172 valence electrons. The Hall–Kier alpha value is -3.62. The molecule has 0 aliphatic carbocycles. The molecule has 3 aromatic rings. The van der Waals surface area contributed by atoms with Gasteiger partial charge in [0.05, 0.1) is 7.11 Å². The SMILES string of the molecule is COc1ccc(N2CCN(c3nc(Nc4ccc(F)cc4)nc(N4CCCC4)n3)CC2)cc1. The Bertz CT molecular complexity index is 1060. The van der Waals surface area contributed by atoms with Crippen LogP contribution in [0.1, 0.15) is 12.8 Å². The molecule has 0 spiro atoms. The van der Waals surface area contributed by atoms with E-state index in [9.17, 15) is 4.39 Å². The largest absolute Gasteiger partial charge is 0.497 e. The summed E-state index contributed by atoms with van der Waals surface area (Å²) in [5, 5.41) is 3.22. The lowest BCUT2D eigenvalue weighted by molar-refractivity contribution is 0.415. The molecule has 0 radical (unpaired) electrons. The highest BCUT2D eigenvalue weighted by molar-refractivity contribution is 5.57. The lowest BCUT2D eigenvalue weighted by Crippen LogP contribution is -2.47. The Morgan fingerprint density at radius 1 is 0.727 bits per heavy atom. The standard InChI is InChI=1S/C24H28FN7O/c1-33-21-10-8-20(9-11-21)30-14-16-32(17-15-30)24-28-22(26-19-6-4-18(25)5-7-19)27-23(29-24)31-12-2-3-13-31/h4-11H,2-3,12-17H2,1H3,(H,26,27,28,29). The van der Waals surface area contributed by atoms with Gasteiger partial charge in [-0.15, -0.1) is 0 Å². The van der Waals surface area contributed by atoms with Crippen LogP contribution in [-0.2, 0) is 0 Å². The van der Waals surface area contributed by atoms with Crippen LogP contribution in [0.25, 0.3) is 0 Å². The van der Waals surface area contributed by atoms with Crippen LogP contribution < -0.4 is 24.8 Å². The fourth-order valence-electron chi connectivity index (χ4n) is 4.23. The van der Waals surface area contributed by atoms with Crippen LogP contribution in [-0.4, -0.2) is 61.3 Å². The highest BCUT2D eigenvalue weighted by atomic mass is 19.1. The minimum absolute atomic E-state index is 0.274. The molecule has 1 aromatic heterocycles. The Morgan fingerprint density at radius 2 is 1.30 bits per heavy atom. The number of ether oxygens (including phenoxy) is 1. The molecular formula is C24H28FN7O. The Morgan fingerprint density at radius 3 is 1.91 bits per heavy atom. The van der Waals surface area contributed by atoms with E-state index in [0.717, 1.165) is 63.5 Å². The Labute approximate surface area is 193 Å². The summed E-state index contributed by atoms with van der Waals surface area (Å²) in [5.41, 5.74) is 1.92. The first-order valence-electron chi connectivity index (χ1n) is 11.4. The maximum Gasteiger partial charge on any atom is 0.233 e. The van der Waals surface area contributed by atoms with E-state index in [1.165, 1.54) is 17.8 Å². The molecule has 2 saturated heterocycles. The first-order chi connectivity index (χ1) is 16.2. The fourth-order valence-corrected chi connectivity index (χ4v) is 4.23. The summed E-state index contributed by atoms with van der Waals surface area (Å²) in [7, 11) is 1.68. The minimum atomic E-state index is -0.274. The van der Waals surface area contributed by atoms with Crippen LogP contribution in [0.3, 0.4) is 0 Å². The molecule has 0 saturated carbocycles. The molecular weight excluding hydrogens is 421 g/mol. The summed E-state index contributed by atoms with van der Waals surface area (Å²) < 4.78 is 18.6. The van der Waals surface area contributed by atoms with Crippen molar-refractivity contribution in [2.45, 2.75) is 12.8 Å². The Kier molecular flexibility index (Phi) is 6.10. The molecule has 9 heteroatoms. The van der Waals surface area contributed by atoms with Crippen LogP contribution >= 0.6 is 0 Å². The minimum Gasteiger partial charge on any atom is -0.497 e. The molecule has 1 N–H and O–H groups in total. The van der Waals surface area contributed by atoms with Gasteiger partial charge in [-0.2, -0.15) is 15.0 Å². The zero-order valence-corrected chi connectivity index (χ0v) is 18.7. The van der Waals surface area contributed by atoms with Crippen LogP contribution in [0.5, 0.6) is 5.75 Å². The molecule has 33 heavy (non-hydrogen) atoms. The highest BCUT2D eigenvalue weighted by Crippen LogP contribution is 2.25. The number of hydrogen-bond acceptors (Lipinski definition) is 8. The first-order valence-corrected chi connectivity index (χ1v) is 11.4. The normalized spacial score (nSPS) is 16.2. The maximum atomic E-state index is 13.3. The van der Waals surface area contributed by atoms with E-state index in [4.69, 9.17) is 14.7 Å². The van der Waals surface area contributed by atoms with Gasteiger partial charge in [-0.1, -0.05) is 0 Å². The van der Waals surface area contributed by atoms with Gasteiger partial charge in [0.1, 0.15) is 11.6 Å². The molecule has 0 bridgehead atoms. The predicted molar refractivity (Wildman–Crippen MR) is 128 cm³/mol. The van der Waals surface area contributed by atoms with Crippen LogP contribution in [0.15, 0.2) is 48.5 Å². The number of piperazine rings is 1. The maximum absolute atomic E-state index is 13.3. The monoisotopic (exact) mass is 449 g/mol. The summed E-state index contributed by atoms with van der Waals surface area (Å²) in [6.45, 7) is 5.27. The molecule has 8 nitrogen and oxygen atoms in total. The number of nitrogens with one attached hydrogen (secondary N) is 1. The second-order valence-corrected chi connectivity index (χ2v) is 8.26. The van der Waals surface area contributed by atoms with Crippen molar-refractivity contribution in [3.63, 3.8) is 0 Å². The lowest BCUT2D eigenvalue weighted by Gasteiger charge is -2.36. The van der Waals surface area contributed by atoms with Crippen molar-refractivity contribution in [3.8, 4) is 5.75 Å². The van der Waals surface area contributed by atoms with E-state index in [0.29, 0.717) is 17.8 Å². The van der Waals surface area contributed by atoms with Gasteiger partial charge in [-0.05, 0) is 61.4 Å². The quantitative estimate of drug-likeness (QED) is 0.611.